The van der Waals surface area contributed by atoms with Crippen molar-refractivity contribution < 1.29 is 9.53 Å². The van der Waals surface area contributed by atoms with Crippen LogP contribution in [0, 0.1) is 6.92 Å². The van der Waals surface area contributed by atoms with Crippen LogP contribution in [0.3, 0.4) is 0 Å². The Kier molecular flexibility index (Phi) is 4.93. The van der Waals surface area contributed by atoms with Crippen LogP contribution in [0.5, 0.6) is 5.75 Å². The van der Waals surface area contributed by atoms with Crippen LogP contribution in [0.4, 0.5) is 5.95 Å². The Hall–Kier alpha value is -2.63. The summed E-state index contributed by atoms with van der Waals surface area (Å²) in [6.45, 7) is 4.06. The van der Waals surface area contributed by atoms with Gasteiger partial charge in [0.15, 0.2) is 0 Å². The average molecular weight is 326 g/mol. The predicted molar refractivity (Wildman–Crippen MR) is 92.2 cm³/mol. The summed E-state index contributed by atoms with van der Waals surface area (Å²) < 4.78 is 5.33. The van der Waals surface area contributed by atoms with Crippen molar-refractivity contribution in [3.05, 3.63) is 47.3 Å². The molecule has 1 amide bonds. The van der Waals surface area contributed by atoms with Crippen molar-refractivity contribution in [3.63, 3.8) is 0 Å². The molecule has 2 heterocycles. The molecule has 0 bridgehead atoms. The SMILES string of the molecule is COc1ccccc1CNc1ncc(C(=O)N2CCCC2)c(C)n1. The third-order valence-corrected chi connectivity index (χ3v) is 4.23. The first kappa shape index (κ1) is 16.2. The van der Waals surface area contributed by atoms with Gasteiger partial charge in [-0.1, -0.05) is 18.2 Å². The fraction of sp³-hybridized carbons (Fsp3) is 0.389. The summed E-state index contributed by atoms with van der Waals surface area (Å²) in [5, 5.41) is 3.19. The molecular weight excluding hydrogens is 304 g/mol. The number of aromatic nitrogens is 2. The van der Waals surface area contributed by atoms with Crippen molar-refractivity contribution in [2.24, 2.45) is 0 Å². The van der Waals surface area contributed by atoms with Crippen LogP contribution in [0.25, 0.3) is 0 Å². The molecule has 6 heteroatoms. The molecule has 126 valence electrons. The molecule has 1 saturated heterocycles. The average Bonchev–Trinajstić information content (AvgIpc) is 3.14. The van der Waals surface area contributed by atoms with Gasteiger partial charge in [-0.2, -0.15) is 0 Å². The minimum absolute atomic E-state index is 0.0290. The Morgan fingerprint density at radius 3 is 2.75 bits per heavy atom. The van der Waals surface area contributed by atoms with E-state index in [-0.39, 0.29) is 5.91 Å². The van der Waals surface area contributed by atoms with E-state index >= 15 is 0 Å². The number of para-hydroxylation sites is 1. The van der Waals surface area contributed by atoms with E-state index in [2.05, 4.69) is 15.3 Å². The van der Waals surface area contributed by atoms with E-state index in [4.69, 9.17) is 4.74 Å². The molecule has 6 nitrogen and oxygen atoms in total. The lowest BCUT2D eigenvalue weighted by molar-refractivity contribution is 0.0791. The second-order valence-corrected chi connectivity index (χ2v) is 5.86. The number of carbonyl (C=O) groups excluding carboxylic acids is 1. The number of benzene rings is 1. The minimum Gasteiger partial charge on any atom is -0.496 e. The number of anilines is 1. The quantitative estimate of drug-likeness (QED) is 0.915. The van der Waals surface area contributed by atoms with E-state index in [1.807, 2.05) is 36.1 Å². The zero-order chi connectivity index (χ0) is 16.9. The molecule has 24 heavy (non-hydrogen) atoms. The van der Waals surface area contributed by atoms with Crippen LogP contribution in [0.1, 0.15) is 34.5 Å². The maximum absolute atomic E-state index is 12.5. The third-order valence-electron chi connectivity index (χ3n) is 4.23. The van der Waals surface area contributed by atoms with Crippen molar-refractivity contribution in [3.8, 4) is 5.75 Å². The van der Waals surface area contributed by atoms with Gasteiger partial charge in [-0.05, 0) is 25.8 Å². The first-order chi connectivity index (χ1) is 11.7. The van der Waals surface area contributed by atoms with Crippen LogP contribution in [-0.2, 0) is 6.54 Å². The van der Waals surface area contributed by atoms with Crippen LogP contribution >= 0.6 is 0 Å². The number of carbonyl (C=O) groups is 1. The summed E-state index contributed by atoms with van der Waals surface area (Å²) in [6.07, 6.45) is 3.77. The highest BCUT2D eigenvalue weighted by Crippen LogP contribution is 2.19. The van der Waals surface area contributed by atoms with E-state index in [0.717, 1.165) is 37.2 Å². The van der Waals surface area contributed by atoms with E-state index in [9.17, 15) is 4.79 Å². The Labute approximate surface area is 141 Å². The standard InChI is InChI=1S/C18H22N4O2/c1-13-15(17(23)22-9-5-6-10-22)12-20-18(21-13)19-11-14-7-3-4-8-16(14)24-2/h3-4,7-8,12H,5-6,9-11H2,1-2H3,(H,19,20,21). The normalized spacial score (nSPS) is 13.8. The van der Waals surface area contributed by atoms with Gasteiger partial charge in [0, 0.05) is 31.4 Å². The molecule has 1 aliphatic heterocycles. The fourth-order valence-corrected chi connectivity index (χ4v) is 2.88. The summed E-state index contributed by atoms with van der Waals surface area (Å²) in [4.78, 5) is 23.0. The van der Waals surface area contributed by atoms with Gasteiger partial charge in [-0.3, -0.25) is 4.79 Å². The molecular formula is C18H22N4O2. The largest absolute Gasteiger partial charge is 0.496 e. The van der Waals surface area contributed by atoms with Crippen molar-refractivity contribution in [2.45, 2.75) is 26.3 Å². The zero-order valence-corrected chi connectivity index (χ0v) is 14.1. The summed E-state index contributed by atoms with van der Waals surface area (Å²) >= 11 is 0. The lowest BCUT2D eigenvalue weighted by Gasteiger charge is -2.16. The number of likely N-dealkylation sites (tertiary alicyclic amines) is 1. The van der Waals surface area contributed by atoms with Crippen LogP contribution in [-0.4, -0.2) is 41.0 Å². The monoisotopic (exact) mass is 326 g/mol. The Morgan fingerprint density at radius 1 is 1.29 bits per heavy atom. The summed E-state index contributed by atoms with van der Waals surface area (Å²) in [7, 11) is 1.65. The molecule has 0 radical (unpaired) electrons. The Balaban J connectivity index is 1.69. The van der Waals surface area contributed by atoms with Crippen molar-refractivity contribution in [2.75, 3.05) is 25.5 Å². The van der Waals surface area contributed by atoms with Gasteiger partial charge in [0.2, 0.25) is 5.95 Å². The zero-order valence-electron chi connectivity index (χ0n) is 14.1. The van der Waals surface area contributed by atoms with Crippen molar-refractivity contribution in [1.82, 2.24) is 14.9 Å². The summed E-state index contributed by atoms with van der Waals surface area (Å²) in [5.74, 6) is 1.36. The summed E-state index contributed by atoms with van der Waals surface area (Å²) in [5.41, 5.74) is 2.31. The Morgan fingerprint density at radius 2 is 2.04 bits per heavy atom. The minimum atomic E-state index is 0.0290. The number of hydrogen-bond acceptors (Lipinski definition) is 5. The fourth-order valence-electron chi connectivity index (χ4n) is 2.88. The molecule has 0 atom stereocenters. The highest BCUT2D eigenvalue weighted by Gasteiger charge is 2.21. The number of rotatable bonds is 5. The van der Waals surface area contributed by atoms with Crippen LogP contribution in [0.15, 0.2) is 30.5 Å². The second-order valence-electron chi connectivity index (χ2n) is 5.86. The predicted octanol–water partition coefficient (Wildman–Crippen LogP) is 2.64. The maximum atomic E-state index is 12.5. The first-order valence-electron chi connectivity index (χ1n) is 8.17. The van der Waals surface area contributed by atoms with Crippen LogP contribution < -0.4 is 10.1 Å². The molecule has 0 saturated carbocycles. The molecule has 1 fully saturated rings. The third kappa shape index (κ3) is 3.48. The van der Waals surface area contributed by atoms with Crippen molar-refractivity contribution >= 4 is 11.9 Å². The smallest absolute Gasteiger partial charge is 0.257 e. The molecule has 1 aliphatic rings. The molecule has 0 spiro atoms. The molecule has 2 aromatic rings. The number of ether oxygens (including phenoxy) is 1. The van der Waals surface area contributed by atoms with Gasteiger partial charge in [0.05, 0.1) is 18.4 Å². The lowest BCUT2D eigenvalue weighted by Crippen LogP contribution is -2.28. The van der Waals surface area contributed by atoms with E-state index in [0.29, 0.717) is 23.8 Å². The van der Waals surface area contributed by atoms with Gasteiger partial charge in [0.1, 0.15) is 5.75 Å². The van der Waals surface area contributed by atoms with Gasteiger partial charge in [-0.15, -0.1) is 0 Å². The summed E-state index contributed by atoms with van der Waals surface area (Å²) in [6, 6.07) is 7.80. The molecule has 1 N–H and O–H groups in total. The van der Waals surface area contributed by atoms with Gasteiger partial charge in [-0.25, -0.2) is 9.97 Å². The van der Waals surface area contributed by atoms with Crippen LogP contribution in [0.2, 0.25) is 0 Å². The highest BCUT2D eigenvalue weighted by atomic mass is 16.5. The molecule has 3 rings (SSSR count). The van der Waals surface area contributed by atoms with E-state index in [1.54, 1.807) is 13.3 Å². The number of hydrogen-bond donors (Lipinski definition) is 1. The number of nitrogens with zero attached hydrogens (tertiary/aromatic N) is 3. The molecule has 0 unspecified atom stereocenters. The van der Waals surface area contributed by atoms with E-state index < -0.39 is 0 Å². The topological polar surface area (TPSA) is 67.3 Å². The number of aryl methyl sites for hydroxylation is 1. The van der Waals surface area contributed by atoms with Crippen molar-refractivity contribution in [1.29, 1.82) is 0 Å². The molecule has 1 aromatic heterocycles. The number of amides is 1. The maximum Gasteiger partial charge on any atom is 0.257 e. The second kappa shape index (κ2) is 7.29. The molecule has 0 aliphatic carbocycles. The molecule has 1 aromatic carbocycles. The van der Waals surface area contributed by atoms with Gasteiger partial charge >= 0.3 is 0 Å². The number of methoxy groups -OCH3 is 1. The van der Waals surface area contributed by atoms with Gasteiger partial charge < -0.3 is 15.0 Å². The van der Waals surface area contributed by atoms with E-state index in [1.165, 1.54) is 0 Å². The Bertz CT molecular complexity index is 727. The number of nitrogens with one attached hydrogen (secondary N) is 1. The first-order valence-corrected chi connectivity index (χ1v) is 8.17. The van der Waals surface area contributed by atoms with Gasteiger partial charge in [0.25, 0.3) is 5.91 Å². The highest BCUT2D eigenvalue weighted by molar-refractivity contribution is 5.95. The lowest BCUT2D eigenvalue weighted by atomic mass is 10.2.